The van der Waals surface area contributed by atoms with E-state index in [4.69, 9.17) is 16.0 Å². The van der Waals surface area contributed by atoms with Gasteiger partial charge in [-0.05, 0) is 46.7 Å². The molecular formula is C13H12BrClFNO. The average molecular weight is 333 g/mol. The molecule has 0 spiro atoms. The highest BCUT2D eigenvalue weighted by atomic mass is 79.9. The van der Waals surface area contributed by atoms with Crippen molar-refractivity contribution in [2.24, 2.45) is 0 Å². The van der Waals surface area contributed by atoms with Gasteiger partial charge in [0.25, 0.3) is 0 Å². The van der Waals surface area contributed by atoms with Gasteiger partial charge in [-0.3, -0.25) is 0 Å². The van der Waals surface area contributed by atoms with Gasteiger partial charge in [0.2, 0.25) is 0 Å². The van der Waals surface area contributed by atoms with Gasteiger partial charge in [-0.1, -0.05) is 18.5 Å². The summed E-state index contributed by atoms with van der Waals surface area (Å²) in [7, 11) is 0. The van der Waals surface area contributed by atoms with E-state index in [2.05, 4.69) is 21.2 Å². The van der Waals surface area contributed by atoms with Gasteiger partial charge in [0.1, 0.15) is 11.6 Å². The molecule has 0 radical (unpaired) electrons. The van der Waals surface area contributed by atoms with Crippen LogP contribution < -0.4 is 5.32 Å². The summed E-state index contributed by atoms with van der Waals surface area (Å²) in [6.07, 6.45) is 1.57. The Balaban J connectivity index is 2.46. The van der Waals surface area contributed by atoms with Crippen LogP contribution in [-0.4, -0.2) is 6.54 Å². The number of furan rings is 1. The third-order valence-electron chi connectivity index (χ3n) is 2.59. The predicted molar refractivity (Wildman–Crippen MR) is 73.3 cm³/mol. The third-order valence-corrected chi connectivity index (χ3v) is 3.78. The Morgan fingerprint density at radius 2 is 2.28 bits per heavy atom. The zero-order chi connectivity index (χ0) is 13.1. The van der Waals surface area contributed by atoms with Gasteiger partial charge >= 0.3 is 0 Å². The van der Waals surface area contributed by atoms with Crippen molar-refractivity contribution < 1.29 is 8.81 Å². The highest BCUT2D eigenvalue weighted by Crippen LogP contribution is 2.31. The summed E-state index contributed by atoms with van der Waals surface area (Å²) < 4.78 is 19.9. The van der Waals surface area contributed by atoms with Crippen molar-refractivity contribution in [2.45, 2.75) is 13.0 Å². The lowest BCUT2D eigenvalue weighted by atomic mass is 10.0. The topological polar surface area (TPSA) is 25.2 Å². The van der Waals surface area contributed by atoms with Crippen molar-refractivity contribution in [3.05, 3.63) is 57.2 Å². The molecule has 2 nitrogen and oxygen atoms in total. The molecule has 0 fully saturated rings. The van der Waals surface area contributed by atoms with E-state index < -0.39 is 0 Å². The summed E-state index contributed by atoms with van der Waals surface area (Å²) in [6.45, 7) is 2.65. The van der Waals surface area contributed by atoms with Crippen molar-refractivity contribution in [1.82, 2.24) is 5.32 Å². The molecular weight excluding hydrogens is 321 g/mol. The lowest BCUT2D eigenvalue weighted by Crippen LogP contribution is -2.22. The minimum absolute atomic E-state index is 0.325. The van der Waals surface area contributed by atoms with E-state index in [1.165, 1.54) is 6.07 Å². The van der Waals surface area contributed by atoms with Gasteiger partial charge in [-0.15, -0.1) is 0 Å². The normalized spacial score (nSPS) is 12.7. The minimum atomic E-state index is -0.337. The van der Waals surface area contributed by atoms with Crippen LogP contribution in [0.4, 0.5) is 4.39 Å². The molecule has 0 saturated heterocycles. The Labute approximate surface area is 118 Å². The van der Waals surface area contributed by atoms with E-state index in [9.17, 15) is 4.39 Å². The SMILES string of the molecule is CCNC(c1ccco1)c1cc(Cl)c(Br)cc1F. The first-order valence-corrected chi connectivity index (χ1v) is 6.71. The van der Waals surface area contributed by atoms with Crippen LogP contribution in [0.15, 0.2) is 39.4 Å². The molecule has 5 heteroatoms. The fraction of sp³-hybridized carbons (Fsp3) is 0.231. The maximum atomic E-state index is 14.0. The summed E-state index contributed by atoms with van der Waals surface area (Å²) in [4.78, 5) is 0. The second-order valence-electron chi connectivity index (χ2n) is 3.79. The number of benzene rings is 1. The Bertz CT molecular complexity index is 530. The van der Waals surface area contributed by atoms with E-state index in [0.29, 0.717) is 27.4 Å². The van der Waals surface area contributed by atoms with Gasteiger partial charge in [-0.2, -0.15) is 0 Å². The van der Waals surface area contributed by atoms with Crippen LogP contribution >= 0.6 is 27.5 Å². The maximum Gasteiger partial charge on any atom is 0.129 e. The summed E-state index contributed by atoms with van der Waals surface area (Å²) >= 11 is 9.22. The molecule has 18 heavy (non-hydrogen) atoms. The first kappa shape index (κ1) is 13.6. The number of hydrogen-bond donors (Lipinski definition) is 1. The molecule has 0 aliphatic heterocycles. The van der Waals surface area contributed by atoms with Gasteiger partial charge in [0, 0.05) is 10.0 Å². The maximum absolute atomic E-state index is 14.0. The van der Waals surface area contributed by atoms with Crippen molar-refractivity contribution >= 4 is 27.5 Å². The van der Waals surface area contributed by atoms with Crippen LogP contribution in [0.25, 0.3) is 0 Å². The monoisotopic (exact) mass is 331 g/mol. The number of rotatable bonds is 4. The predicted octanol–water partition coefficient (Wildman–Crippen LogP) is 4.53. The standard InChI is InChI=1S/C13H12BrClFNO/c1-2-17-13(12-4-3-5-18-12)8-6-10(15)9(14)7-11(8)16/h3-7,13,17H,2H2,1H3. The smallest absolute Gasteiger partial charge is 0.129 e. The highest BCUT2D eigenvalue weighted by molar-refractivity contribution is 9.10. The Kier molecular flexibility index (Phi) is 4.43. The fourth-order valence-corrected chi connectivity index (χ4v) is 2.27. The molecule has 1 aromatic carbocycles. The molecule has 1 atom stereocenters. The Hall–Kier alpha value is -0.840. The van der Waals surface area contributed by atoms with E-state index in [0.717, 1.165) is 0 Å². The lowest BCUT2D eigenvalue weighted by Gasteiger charge is -2.17. The zero-order valence-electron chi connectivity index (χ0n) is 9.71. The Morgan fingerprint density at radius 3 is 2.89 bits per heavy atom. The third kappa shape index (κ3) is 2.76. The largest absolute Gasteiger partial charge is 0.467 e. The van der Waals surface area contributed by atoms with Gasteiger partial charge < -0.3 is 9.73 Å². The van der Waals surface area contributed by atoms with Crippen molar-refractivity contribution in [1.29, 1.82) is 0 Å². The van der Waals surface area contributed by atoms with Crippen molar-refractivity contribution in [3.8, 4) is 0 Å². The second-order valence-corrected chi connectivity index (χ2v) is 5.06. The summed E-state index contributed by atoms with van der Waals surface area (Å²) in [5, 5.41) is 3.65. The van der Waals surface area contributed by atoms with Crippen molar-refractivity contribution in [3.63, 3.8) is 0 Å². The zero-order valence-corrected chi connectivity index (χ0v) is 12.1. The van der Waals surface area contributed by atoms with Crippen LogP contribution in [0.2, 0.25) is 5.02 Å². The minimum Gasteiger partial charge on any atom is -0.467 e. The molecule has 96 valence electrons. The molecule has 2 rings (SSSR count). The first-order valence-electron chi connectivity index (χ1n) is 5.54. The summed E-state index contributed by atoms with van der Waals surface area (Å²) in [5.74, 6) is 0.336. The quantitative estimate of drug-likeness (QED) is 0.832. The molecule has 2 aromatic rings. The Morgan fingerprint density at radius 1 is 1.50 bits per heavy atom. The molecule has 1 heterocycles. The second kappa shape index (κ2) is 5.87. The lowest BCUT2D eigenvalue weighted by molar-refractivity contribution is 0.441. The molecule has 1 aromatic heterocycles. The molecule has 1 unspecified atom stereocenters. The van der Waals surface area contributed by atoms with Gasteiger partial charge in [0.15, 0.2) is 0 Å². The molecule has 0 bridgehead atoms. The summed E-state index contributed by atoms with van der Waals surface area (Å²) in [5.41, 5.74) is 0.472. The van der Waals surface area contributed by atoms with Gasteiger partial charge in [0.05, 0.1) is 17.3 Å². The van der Waals surface area contributed by atoms with Gasteiger partial charge in [-0.25, -0.2) is 4.39 Å². The fourth-order valence-electron chi connectivity index (χ4n) is 1.78. The molecule has 0 aliphatic carbocycles. The number of hydrogen-bond acceptors (Lipinski definition) is 2. The van der Waals surface area contributed by atoms with E-state index >= 15 is 0 Å². The van der Waals surface area contributed by atoms with Crippen LogP contribution in [0.1, 0.15) is 24.3 Å². The van der Waals surface area contributed by atoms with E-state index in [1.54, 1.807) is 18.4 Å². The molecule has 0 amide bonds. The highest BCUT2D eigenvalue weighted by Gasteiger charge is 2.20. The van der Waals surface area contributed by atoms with Crippen LogP contribution in [-0.2, 0) is 0 Å². The number of nitrogens with one attached hydrogen (secondary N) is 1. The molecule has 0 aliphatic rings. The van der Waals surface area contributed by atoms with E-state index in [-0.39, 0.29) is 11.9 Å². The molecule has 1 N–H and O–H groups in total. The van der Waals surface area contributed by atoms with Crippen molar-refractivity contribution in [2.75, 3.05) is 6.54 Å². The van der Waals surface area contributed by atoms with Crippen LogP contribution in [0.5, 0.6) is 0 Å². The average Bonchev–Trinajstić information content (AvgIpc) is 2.85. The van der Waals surface area contributed by atoms with Crippen LogP contribution in [0, 0.1) is 5.82 Å². The summed E-state index contributed by atoms with van der Waals surface area (Å²) in [6, 6.07) is 6.22. The van der Waals surface area contributed by atoms with E-state index in [1.807, 2.05) is 13.0 Å². The van der Waals surface area contributed by atoms with Crippen LogP contribution in [0.3, 0.4) is 0 Å². The first-order chi connectivity index (χ1) is 8.63. The number of halogens is 3. The molecule has 0 saturated carbocycles.